The molecule has 3 aromatic carbocycles. The van der Waals surface area contributed by atoms with Gasteiger partial charge in [0.15, 0.2) is 11.6 Å². The van der Waals surface area contributed by atoms with Gasteiger partial charge in [-0.25, -0.2) is 14.6 Å². The Morgan fingerprint density at radius 3 is 1.81 bits per heavy atom. The van der Waals surface area contributed by atoms with Crippen molar-refractivity contribution in [3.8, 4) is 0 Å². The van der Waals surface area contributed by atoms with E-state index in [0.29, 0.717) is 94.8 Å². The molecule has 3 fully saturated rings. The minimum atomic E-state index is -1.14. The van der Waals surface area contributed by atoms with E-state index in [1.165, 1.54) is 12.0 Å². The highest BCUT2D eigenvalue weighted by Gasteiger charge is 2.44. The molecule has 0 saturated carbocycles. The predicted octanol–water partition coefficient (Wildman–Crippen LogP) is 4.56. The molecule has 7 N–H and O–H groups in total. The molecule has 7 atom stereocenters. The van der Waals surface area contributed by atoms with Crippen LogP contribution < -0.4 is 27.5 Å². The van der Waals surface area contributed by atoms with E-state index in [9.17, 15) is 43.2 Å². The Bertz CT molecular complexity index is 2760. The number of methoxy groups -OCH3 is 1. The molecule has 0 spiro atoms. The van der Waals surface area contributed by atoms with Crippen LogP contribution in [0.25, 0.3) is 0 Å². The van der Waals surface area contributed by atoms with Crippen molar-refractivity contribution in [1.29, 1.82) is 0 Å². The lowest BCUT2D eigenvalue weighted by Gasteiger charge is -2.32. The maximum atomic E-state index is 15.0. The van der Waals surface area contributed by atoms with Crippen molar-refractivity contribution < 1.29 is 52.6 Å². The summed E-state index contributed by atoms with van der Waals surface area (Å²) in [5.74, 6) is -4.21. The number of nitrogens with one attached hydrogen (secondary N) is 3. The number of nitrogens with two attached hydrogens (primary N) is 2. The van der Waals surface area contributed by atoms with Crippen molar-refractivity contribution in [3.63, 3.8) is 0 Å². The average Bonchev–Trinajstić information content (AvgIpc) is 3.93. The van der Waals surface area contributed by atoms with Gasteiger partial charge >= 0.3 is 12.0 Å². The van der Waals surface area contributed by atoms with Crippen molar-refractivity contribution in [2.24, 2.45) is 33.3 Å². The molecule has 3 aliphatic rings. The van der Waals surface area contributed by atoms with E-state index >= 15 is 0 Å². The highest BCUT2D eigenvalue weighted by Crippen LogP contribution is 2.29. The van der Waals surface area contributed by atoms with Gasteiger partial charge in [0.25, 0.3) is 5.91 Å². The Labute approximate surface area is 492 Å². The van der Waals surface area contributed by atoms with Gasteiger partial charge in [0.05, 0.1) is 56.5 Å². The molecule has 0 aromatic heterocycles. The molecule has 0 aliphatic carbocycles. The number of aliphatic imine (C=N–C) groups is 2. The van der Waals surface area contributed by atoms with Crippen LogP contribution in [-0.2, 0) is 67.4 Å². The number of likely N-dealkylation sites (tertiary alicyclic amines) is 3. The van der Waals surface area contributed by atoms with Crippen molar-refractivity contribution in [3.05, 3.63) is 108 Å². The topological polar surface area (TPSA) is 298 Å². The molecule has 3 aromatic rings. The zero-order valence-corrected chi connectivity index (χ0v) is 49.1. The Hall–Kier alpha value is -8.01. The second kappa shape index (κ2) is 33.3. The van der Waals surface area contributed by atoms with Gasteiger partial charge in [-0.2, -0.15) is 0 Å². The highest BCUT2D eigenvalue weighted by atomic mass is 16.5. The summed E-state index contributed by atoms with van der Waals surface area (Å²) >= 11 is 0. The number of Topliss-reactive ketones (excluding diaryl/α,β-unsaturated/α-hetero) is 2. The standard InChI is InChI=1S/C62H85N11O11/c1-42(19-14-32-65-43(2)63)58(78)72-36-18-29-53(72)60(80)70-34-16-27-51(70)54(74)30-31-56(76)67-50(37-45-20-8-5-9-21-45)55(75)38-48(41-84-40-47-24-12-7-13-25-47)59(79)71-35-17-28-52(71)57(77)69-73(39-46-22-10-6-11-23-46)62(82)68-49(61(81)83-4)26-15-33-66-44(3)64/h5-13,20-25,42,48-53H,14-19,26-41H2,1-4H3,(H2,63,65)(H2,64,66)(H,67,76)(H,68,82)(H,69,77). The molecule has 0 radical (unpaired) electrons. The molecule has 22 nitrogen and oxygen atoms in total. The number of ether oxygens (including phenoxy) is 2. The molecule has 7 unspecified atom stereocenters. The Balaban J connectivity index is 1.14. The van der Waals surface area contributed by atoms with Gasteiger partial charge < -0.3 is 46.3 Å². The van der Waals surface area contributed by atoms with Crippen LogP contribution >= 0.6 is 0 Å². The Morgan fingerprint density at radius 1 is 0.655 bits per heavy atom. The molecule has 6 rings (SSSR count). The van der Waals surface area contributed by atoms with Gasteiger partial charge in [-0.1, -0.05) is 97.9 Å². The van der Waals surface area contributed by atoms with E-state index in [-0.39, 0.29) is 88.3 Å². The monoisotopic (exact) mass is 1160 g/mol. The van der Waals surface area contributed by atoms with Crippen molar-refractivity contribution in [1.82, 2.24) is 35.8 Å². The number of rotatable bonds is 30. The van der Waals surface area contributed by atoms with Crippen LogP contribution in [0.5, 0.6) is 0 Å². The molecule has 22 heteroatoms. The van der Waals surface area contributed by atoms with Gasteiger partial charge in [-0.15, -0.1) is 0 Å². The van der Waals surface area contributed by atoms with E-state index in [0.717, 1.165) is 16.1 Å². The van der Waals surface area contributed by atoms with Gasteiger partial charge in [0, 0.05) is 57.9 Å². The summed E-state index contributed by atoms with van der Waals surface area (Å²) < 4.78 is 11.1. The smallest absolute Gasteiger partial charge is 0.337 e. The average molecular weight is 1160 g/mol. The summed E-state index contributed by atoms with van der Waals surface area (Å²) in [7, 11) is 1.21. The summed E-state index contributed by atoms with van der Waals surface area (Å²) in [6.07, 6.45) is 3.88. The van der Waals surface area contributed by atoms with Gasteiger partial charge in [0.1, 0.15) is 18.1 Å². The summed E-state index contributed by atoms with van der Waals surface area (Å²) in [4.78, 5) is 140. The molecular weight excluding hydrogens is 1070 g/mol. The summed E-state index contributed by atoms with van der Waals surface area (Å²) in [5.41, 5.74) is 16.3. The molecule has 3 saturated heterocycles. The lowest BCUT2D eigenvalue weighted by molar-refractivity contribution is -0.148. The van der Waals surface area contributed by atoms with Gasteiger partial charge in [-0.3, -0.25) is 49.0 Å². The highest BCUT2D eigenvalue weighted by molar-refractivity contribution is 5.97. The van der Waals surface area contributed by atoms with Crippen LogP contribution in [0.3, 0.4) is 0 Å². The number of carbonyl (C=O) groups is 9. The second-order valence-corrected chi connectivity index (χ2v) is 22.0. The number of hydrazine groups is 1. The first-order valence-corrected chi connectivity index (χ1v) is 29.4. The van der Waals surface area contributed by atoms with Gasteiger partial charge in [0.2, 0.25) is 23.6 Å². The summed E-state index contributed by atoms with van der Waals surface area (Å²) in [5, 5.41) is 6.61. The van der Waals surface area contributed by atoms with Crippen LogP contribution in [0.2, 0.25) is 0 Å². The number of ketones is 2. The number of urea groups is 1. The van der Waals surface area contributed by atoms with Crippen LogP contribution in [0.15, 0.2) is 101 Å². The summed E-state index contributed by atoms with van der Waals surface area (Å²) in [6, 6.07) is 21.7. The maximum absolute atomic E-state index is 15.0. The number of esters is 1. The zero-order valence-electron chi connectivity index (χ0n) is 49.1. The van der Waals surface area contributed by atoms with Crippen molar-refractivity contribution in [2.45, 2.75) is 154 Å². The third-order valence-electron chi connectivity index (χ3n) is 15.4. The largest absolute Gasteiger partial charge is 0.467 e. The first-order valence-electron chi connectivity index (χ1n) is 29.4. The number of carbonyl (C=O) groups excluding carboxylic acids is 9. The fraction of sp³-hybridized carbons (Fsp3) is 0.532. The normalized spacial score (nSPS) is 18.5. The third kappa shape index (κ3) is 19.8. The number of nitrogens with zero attached hydrogens (tertiary/aromatic N) is 6. The molecule has 84 heavy (non-hydrogen) atoms. The third-order valence-corrected chi connectivity index (χ3v) is 15.4. The van der Waals surface area contributed by atoms with Crippen LogP contribution in [-0.4, -0.2) is 161 Å². The van der Waals surface area contributed by atoms with E-state index < -0.39 is 71.6 Å². The minimum absolute atomic E-state index is 0.0682. The first kappa shape index (κ1) is 65.1. The zero-order chi connectivity index (χ0) is 60.5. The summed E-state index contributed by atoms with van der Waals surface area (Å²) in [6.45, 7) is 6.78. The molecular formula is C62H85N11O11. The van der Waals surface area contributed by atoms with Crippen molar-refractivity contribution in [2.75, 3.05) is 46.4 Å². The number of amidine groups is 2. The first-order chi connectivity index (χ1) is 40.4. The van der Waals surface area contributed by atoms with Crippen LogP contribution in [0, 0.1) is 11.8 Å². The van der Waals surface area contributed by atoms with E-state index in [2.05, 4.69) is 26.0 Å². The van der Waals surface area contributed by atoms with E-state index in [1.54, 1.807) is 66.1 Å². The second-order valence-electron chi connectivity index (χ2n) is 22.0. The minimum Gasteiger partial charge on any atom is -0.467 e. The van der Waals surface area contributed by atoms with Crippen LogP contribution in [0.4, 0.5) is 4.79 Å². The quantitative estimate of drug-likeness (QED) is 0.0201. The van der Waals surface area contributed by atoms with E-state index in [4.69, 9.17) is 20.9 Å². The van der Waals surface area contributed by atoms with Gasteiger partial charge in [-0.05, 0) is 101 Å². The number of hydrogen-bond donors (Lipinski definition) is 5. The number of benzene rings is 3. The number of hydrogen-bond acceptors (Lipinski definition) is 13. The maximum Gasteiger partial charge on any atom is 0.337 e. The van der Waals surface area contributed by atoms with Crippen molar-refractivity contribution >= 4 is 64.8 Å². The molecule has 3 aliphatic heterocycles. The Kier molecular flexibility index (Phi) is 25.8. The van der Waals surface area contributed by atoms with Crippen LogP contribution in [0.1, 0.15) is 121 Å². The SMILES string of the molecule is COC(=O)C(CCCN=C(C)N)NC(=O)N(Cc1ccccc1)NC(=O)C1CCCN1C(=O)C(COCc1ccccc1)CC(=O)C(Cc1ccccc1)NC(=O)CCC(=O)C1CCCN1C(=O)C1CCCN1C(=O)C(C)CCCN=C(C)N. The molecule has 7 amide bonds. The fourth-order valence-corrected chi connectivity index (χ4v) is 11.0. The van der Waals surface area contributed by atoms with E-state index in [1.807, 2.05) is 55.5 Å². The molecule has 3 heterocycles. The molecule has 454 valence electrons. The predicted molar refractivity (Wildman–Crippen MR) is 316 cm³/mol. The molecule has 0 bridgehead atoms. The Morgan fingerprint density at radius 2 is 1.20 bits per heavy atom. The lowest BCUT2D eigenvalue weighted by Crippen LogP contribution is -2.58. The number of amides is 7. The fourth-order valence-electron chi connectivity index (χ4n) is 11.0. The lowest BCUT2D eigenvalue weighted by atomic mass is 9.93.